The summed E-state index contributed by atoms with van der Waals surface area (Å²) in [6.45, 7) is 3.07. The zero-order valence-corrected chi connectivity index (χ0v) is 11.4. The van der Waals surface area contributed by atoms with Gasteiger partial charge in [0.25, 0.3) is 0 Å². The minimum Gasteiger partial charge on any atom is -0.336 e. The van der Waals surface area contributed by atoms with E-state index in [1.165, 1.54) is 6.07 Å². The van der Waals surface area contributed by atoms with Gasteiger partial charge in [0.15, 0.2) is 0 Å². The topological polar surface area (TPSA) is 29.9 Å². The molecule has 4 heteroatoms. The first-order chi connectivity index (χ1) is 9.20. The van der Waals surface area contributed by atoms with Crippen molar-refractivity contribution in [1.29, 1.82) is 0 Å². The molecule has 1 aromatic carbocycles. The lowest BCUT2D eigenvalue weighted by molar-refractivity contribution is 0.502. The Hall–Kier alpha value is -1.68. The van der Waals surface area contributed by atoms with Gasteiger partial charge in [0.1, 0.15) is 5.82 Å². The number of hydrogen-bond donors (Lipinski definition) is 1. The largest absolute Gasteiger partial charge is 0.336 e. The van der Waals surface area contributed by atoms with Gasteiger partial charge in [-0.1, -0.05) is 19.1 Å². The molecule has 1 atom stereocenters. The highest BCUT2D eigenvalue weighted by atomic mass is 19.1. The monoisotopic (exact) mass is 261 g/mol. The summed E-state index contributed by atoms with van der Waals surface area (Å²) >= 11 is 0. The number of aromatic nitrogens is 2. The molecule has 3 nitrogen and oxygen atoms in total. The fraction of sp³-hybridized carbons (Fsp3) is 0.400. The van der Waals surface area contributed by atoms with Gasteiger partial charge in [-0.2, -0.15) is 0 Å². The molecule has 1 N–H and O–H groups in total. The molecule has 0 aliphatic rings. The van der Waals surface area contributed by atoms with Gasteiger partial charge in [0.2, 0.25) is 0 Å². The zero-order chi connectivity index (χ0) is 13.7. The predicted octanol–water partition coefficient (Wildman–Crippen LogP) is 2.84. The van der Waals surface area contributed by atoms with Crippen LogP contribution in [0, 0.1) is 5.82 Å². The molecule has 102 valence electrons. The highest BCUT2D eigenvalue weighted by molar-refractivity contribution is 5.20. The van der Waals surface area contributed by atoms with Crippen LogP contribution in [0.1, 0.15) is 30.6 Å². The third-order valence-corrected chi connectivity index (χ3v) is 3.18. The Bertz CT molecular complexity index is 522. The molecule has 0 radical (unpaired) electrons. The van der Waals surface area contributed by atoms with Crippen LogP contribution in [0.15, 0.2) is 36.8 Å². The van der Waals surface area contributed by atoms with Crippen LogP contribution in [-0.4, -0.2) is 16.1 Å². The summed E-state index contributed by atoms with van der Waals surface area (Å²) in [4.78, 5) is 4.16. The highest BCUT2D eigenvalue weighted by Gasteiger charge is 2.15. The number of hydrogen-bond acceptors (Lipinski definition) is 2. The van der Waals surface area contributed by atoms with E-state index in [4.69, 9.17) is 0 Å². The molecule has 0 aliphatic carbocycles. The quantitative estimate of drug-likeness (QED) is 0.866. The van der Waals surface area contributed by atoms with E-state index in [0.29, 0.717) is 0 Å². The number of rotatable bonds is 6. The van der Waals surface area contributed by atoms with Crippen molar-refractivity contribution in [3.63, 3.8) is 0 Å². The van der Waals surface area contributed by atoms with Crippen molar-refractivity contribution in [3.8, 4) is 0 Å². The minimum absolute atomic E-state index is 0.161. The van der Waals surface area contributed by atoms with Gasteiger partial charge in [0.05, 0.1) is 18.1 Å². The van der Waals surface area contributed by atoms with Crippen molar-refractivity contribution in [2.75, 3.05) is 6.54 Å². The summed E-state index contributed by atoms with van der Waals surface area (Å²) in [7, 11) is 1.98. The average molecular weight is 261 g/mol. The third kappa shape index (κ3) is 3.64. The molecule has 1 unspecified atom stereocenters. The fourth-order valence-corrected chi connectivity index (χ4v) is 2.20. The van der Waals surface area contributed by atoms with Crippen LogP contribution in [0.25, 0.3) is 0 Å². The molecule has 0 bridgehead atoms. The molecular weight excluding hydrogens is 241 g/mol. The smallest absolute Gasteiger partial charge is 0.123 e. The van der Waals surface area contributed by atoms with Gasteiger partial charge in [-0.3, -0.25) is 0 Å². The molecule has 0 saturated carbocycles. The third-order valence-electron chi connectivity index (χ3n) is 3.18. The Morgan fingerprint density at radius 1 is 1.42 bits per heavy atom. The van der Waals surface area contributed by atoms with Crippen LogP contribution in [0.4, 0.5) is 4.39 Å². The van der Waals surface area contributed by atoms with E-state index in [9.17, 15) is 4.39 Å². The molecular formula is C15H20FN3. The number of benzene rings is 1. The van der Waals surface area contributed by atoms with Gasteiger partial charge >= 0.3 is 0 Å². The standard InChI is InChI=1S/C15H20FN3/c1-3-7-18-14(15-10-17-11-19(15)2)9-12-5-4-6-13(16)8-12/h4-6,8,10-11,14,18H,3,7,9H2,1-2H3. The van der Waals surface area contributed by atoms with Crippen LogP contribution in [0.3, 0.4) is 0 Å². The fourth-order valence-electron chi connectivity index (χ4n) is 2.20. The average Bonchev–Trinajstić information content (AvgIpc) is 2.81. The van der Waals surface area contributed by atoms with Gasteiger partial charge in [0, 0.05) is 13.2 Å². The van der Waals surface area contributed by atoms with Gasteiger partial charge < -0.3 is 9.88 Å². The van der Waals surface area contributed by atoms with E-state index >= 15 is 0 Å². The minimum atomic E-state index is -0.184. The molecule has 0 saturated heterocycles. The molecule has 1 aromatic heterocycles. The first-order valence-corrected chi connectivity index (χ1v) is 6.64. The Kier molecular flexibility index (Phi) is 4.68. The molecule has 0 fully saturated rings. The number of halogens is 1. The molecule has 1 heterocycles. The molecule has 2 aromatic rings. The van der Waals surface area contributed by atoms with Gasteiger partial charge in [-0.15, -0.1) is 0 Å². The normalized spacial score (nSPS) is 12.6. The first-order valence-electron chi connectivity index (χ1n) is 6.64. The number of aryl methyl sites for hydroxylation is 1. The van der Waals surface area contributed by atoms with Gasteiger partial charge in [-0.25, -0.2) is 9.37 Å². The number of imidazole rings is 1. The van der Waals surface area contributed by atoms with Crippen molar-refractivity contribution in [3.05, 3.63) is 53.9 Å². The molecule has 0 spiro atoms. The van der Waals surface area contributed by atoms with E-state index < -0.39 is 0 Å². The van der Waals surface area contributed by atoms with Gasteiger partial charge in [-0.05, 0) is 37.1 Å². The van der Waals surface area contributed by atoms with E-state index in [1.807, 2.05) is 23.9 Å². The Labute approximate surface area is 113 Å². The van der Waals surface area contributed by atoms with E-state index in [2.05, 4.69) is 17.2 Å². The summed E-state index contributed by atoms with van der Waals surface area (Å²) in [5, 5.41) is 3.50. The lowest BCUT2D eigenvalue weighted by Gasteiger charge is -2.19. The maximum absolute atomic E-state index is 13.3. The van der Waals surface area contributed by atoms with E-state index in [0.717, 1.165) is 30.6 Å². The number of nitrogens with one attached hydrogen (secondary N) is 1. The Balaban J connectivity index is 2.16. The predicted molar refractivity (Wildman–Crippen MR) is 74.3 cm³/mol. The van der Waals surface area contributed by atoms with Crippen LogP contribution < -0.4 is 5.32 Å². The zero-order valence-electron chi connectivity index (χ0n) is 11.4. The lowest BCUT2D eigenvalue weighted by Crippen LogP contribution is -2.25. The first kappa shape index (κ1) is 13.7. The van der Waals surface area contributed by atoms with E-state index in [1.54, 1.807) is 18.5 Å². The number of nitrogens with zero attached hydrogens (tertiary/aromatic N) is 2. The maximum atomic E-state index is 13.3. The summed E-state index contributed by atoms with van der Waals surface area (Å²) in [6.07, 6.45) is 5.49. The summed E-state index contributed by atoms with van der Waals surface area (Å²) in [6, 6.07) is 6.94. The SMILES string of the molecule is CCCNC(Cc1cccc(F)c1)c1cncn1C. The molecule has 0 aliphatic heterocycles. The molecule has 0 amide bonds. The van der Waals surface area contributed by atoms with Crippen molar-refractivity contribution in [1.82, 2.24) is 14.9 Å². The van der Waals surface area contributed by atoms with Crippen LogP contribution >= 0.6 is 0 Å². The molecule has 2 rings (SSSR count). The highest BCUT2D eigenvalue weighted by Crippen LogP contribution is 2.18. The van der Waals surface area contributed by atoms with Crippen molar-refractivity contribution in [2.45, 2.75) is 25.8 Å². The lowest BCUT2D eigenvalue weighted by atomic mass is 10.0. The summed E-state index contributed by atoms with van der Waals surface area (Å²) in [5.74, 6) is -0.184. The van der Waals surface area contributed by atoms with Crippen LogP contribution in [0.2, 0.25) is 0 Å². The second-order valence-electron chi connectivity index (χ2n) is 4.77. The summed E-state index contributed by atoms with van der Waals surface area (Å²) < 4.78 is 15.3. The second kappa shape index (κ2) is 6.48. The van der Waals surface area contributed by atoms with Crippen LogP contribution in [0.5, 0.6) is 0 Å². The Morgan fingerprint density at radius 3 is 2.89 bits per heavy atom. The summed E-state index contributed by atoms with van der Waals surface area (Å²) in [5.41, 5.74) is 2.12. The van der Waals surface area contributed by atoms with Crippen molar-refractivity contribution >= 4 is 0 Å². The van der Waals surface area contributed by atoms with Crippen molar-refractivity contribution in [2.24, 2.45) is 7.05 Å². The second-order valence-corrected chi connectivity index (χ2v) is 4.77. The molecule has 19 heavy (non-hydrogen) atoms. The van der Waals surface area contributed by atoms with Crippen LogP contribution in [-0.2, 0) is 13.5 Å². The Morgan fingerprint density at radius 2 is 2.26 bits per heavy atom. The van der Waals surface area contributed by atoms with Crippen molar-refractivity contribution < 1.29 is 4.39 Å². The van der Waals surface area contributed by atoms with E-state index in [-0.39, 0.29) is 11.9 Å². The maximum Gasteiger partial charge on any atom is 0.123 e.